The minimum Gasteiger partial charge on any atom is -0.463 e. The molecule has 0 spiro atoms. The van der Waals surface area contributed by atoms with Crippen LogP contribution in [0.3, 0.4) is 0 Å². The zero-order chi connectivity index (χ0) is 11.5. The monoisotopic (exact) mass is 211 g/mol. The van der Waals surface area contributed by atoms with E-state index >= 15 is 0 Å². The second-order valence-electron chi connectivity index (χ2n) is 3.65. The van der Waals surface area contributed by atoms with Crippen LogP contribution in [-0.4, -0.2) is 24.6 Å². The Kier molecular flexibility index (Phi) is 3.30. The summed E-state index contributed by atoms with van der Waals surface area (Å²) in [5.41, 5.74) is -1.18. The van der Waals surface area contributed by atoms with Crippen molar-refractivity contribution in [3.8, 4) is 6.07 Å². The molecule has 82 valence electrons. The third-order valence-corrected chi connectivity index (χ3v) is 2.54. The summed E-state index contributed by atoms with van der Waals surface area (Å²) in [5.74, 6) is -1.18. The molecule has 0 aliphatic carbocycles. The highest BCUT2D eigenvalue weighted by Crippen LogP contribution is 2.24. The van der Waals surface area contributed by atoms with Gasteiger partial charge < -0.3 is 9.47 Å². The van der Waals surface area contributed by atoms with Crippen LogP contribution >= 0.6 is 0 Å². The summed E-state index contributed by atoms with van der Waals surface area (Å²) in [6.45, 7) is 3.49. The van der Waals surface area contributed by atoms with Crippen molar-refractivity contribution in [1.29, 1.82) is 5.26 Å². The lowest BCUT2D eigenvalue weighted by atomic mass is 9.90. The Balaban J connectivity index is 2.63. The molecular weight excluding hydrogens is 198 g/mol. The Bertz CT molecular complexity index is 320. The maximum Gasteiger partial charge on any atom is 0.347 e. The first-order chi connectivity index (χ1) is 7.03. The van der Waals surface area contributed by atoms with E-state index in [0.717, 1.165) is 0 Å². The summed E-state index contributed by atoms with van der Waals surface area (Å²) in [6.07, 6.45) is -0.114. The van der Waals surface area contributed by atoms with E-state index in [4.69, 9.17) is 10.00 Å². The van der Waals surface area contributed by atoms with Crippen molar-refractivity contribution in [3.05, 3.63) is 0 Å². The second kappa shape index (κ2) is 4.30. The molecule has 0 amide bonds. The first kappa shape index (κ1) is 11.5. The fourth-order valence-electron chi connectivity index (χ4n) is 1.11. The molecule has 1 aliphatic rings. The smallest absolute Gasteiger partial charge is 0.347 e. The average molecular weight is 211 g/mol. The SMILES string of the molecule is CCC(C)(C#N)C(=O)OC1CCOC1=O. The van der Waals surface area contributed by atoms with Gasteiger partial charge in [-0.3, -0.25) is 4.79 Å². The summed E-state index contributed by atoms with van der Waals surface area (Å²) >= 11 is 0. The summed E-state index contributed by atoms with van der Waals surface area (Å²) < 4.78 is 9.58. The van der Waals surface area contributed by atoms with E-state index < -0.39 is 23.5 Å². The van der Waals surface area contributed by atoms with E-state index in [1.165, 1.54) is 6.92 Å². The molecule has 0 aromatic rings. The van der Waals surface area contributed by atoms with Crippen molar-refractivity contribution in [1.82, 2.24) is 0 Å². The lowest BCUT2D eigenvalue weighted by Crippen LogP contribution is -2.33. The molecule has 5 heteroatoms. The fraction of sp³-hybridized carbons (Fsp3) is 0.700. The first-order valence-corrected chi connectivity index (χ1v) is 4.82. The van der Waals surface area contributed by atoms with Crippen molar-refractivity contribution in [2.24, 2.45) is 5.41 Å². The number of hydrogen-bond acceptors (Lipinski definition) is 5. The topological polar surface area (TPSA) is 76.4 Å². The van der Waals surface area contributed by atoms with Crippen molar-refractivity contribution < 1.29 is 19.1 Å². The molecule has 2 atom stereocenters. The molecule has 0 N–H and O–H groups in total. The van der Waals surface area contributed by atoms with Crippen LogP contribution in [0.1, 0.15) is 26.7 Å². The molecule has 1 fully saturated rings. The molecule has 0 saturated carbocycles. The van der Waals surface area contributed by atoms with Gasteiger partial charge >= 0.3 is 11.9 Å². The third-order valence-electron chi connectivity index (χ3n) is 2.54. The Morgan fingerprint density at radius 3 is 2.87 bits per heavy atom. The van der Waals surface area contributed by atoms with Gasteiger partial charge in [0.2, 0.25) is 6.10 Å². The highest BCUT2D eigenvalue weighted by atomic mass is 16.6. The largest absolute Gasteiger partial charge is 0.463 e. The number of nitrogens with zero attached hydrogens (tertiary/aromatic N) is 1. The van der Waals surface area contributed by atoms with Gasteiger partial charge in [-0.05, 0) is 13.3 Å². The highest BCUT2D eigenvalue weighted by Gasteiger charge is 2.38. The number of ether oxygens (including phenoxy) is 2. The van der Waals surface area contributed by atoms with Gasteiger partial charge in [0.25, 0.3) is 0 Å². The van der Waals surface area contributed by atoms with Crippen LogP contribution in [0.15, 0.2) is 0 Å². The normalized spacial score (nSPS) is 23.8. The molecule has 0 aromatic heterocycles. The second-order valence-corrected chi connectivity index (χ2v) is 3.65. The van der Waals surface area contributed by atoms with Gasteiger partial charge in [-0.25, -0.2) is 4.79 Å². The number of cyclic esters (lactones) is 1. The molecule has 2 unspecified atom stereocenters. The van der Waals surface area contributed by atoms with Gasteiger partial charge in [0.05, 0.1) is 12.7 Å². The minimum atomic E-state index is -1.18. The van der Waals surface area contributed by atoms with E-state index in [0.29, 0.717) is 12.8 Å². The zero-order valence-corrected chi connectivity index (χ0v) is 8.78. The standard InChI is InChI=1S/C10H13NO4/c1-3-10(2,6-11)9(13)15-7-4-5-14-8(7)12/h7H,3-5H2,1-2H3. The van der Waals surface area contributed by atoms with Crippen LogP contribution in [0.25, 0.3) is 0 Å². The van der Waals surface area contributed by atoms with Gasteiger partial charge in [0.15, 0.2) is 5.41 Å². The van der Waals surface area contributed by atoms with Crippen molar-refractivity contribution in [2.75, 3.05) is 6.61 Å². The molecule has 0 bridgehead atoms. The van der Waals surface area contributed by atoms with Gasteiger partial charge in [-0.2, -0.15) is 5.26 Å². The van der Waals surface area contributed by atoms with Crippen molar-refractivity contribution in [2.45, 2.75) is 32.8 Å². The number of carbonyl (C=O) groups is 2. The van der Waals surface area contributed by atoms with E-state index in [1.54, 1.807) is 6.92 Å². The molecule has 1 aliphatic heterocycles. The fourth-order valence-corrected chi connectivity index (χ4v) is 1.11. The quantitative estimate of drug-likeness (QED) is 0.645. The Labute approximate surface area is 88.0 Å². The predicted octanol–water partition coefficient (Wildman–Crippen LogP) is 0.785. The summed E-state index contributed by atoms with van der Waals surface area (Å²) in [7, 11) is 0. The minimum absolute atomic E-state index is 0.270. The highest BCUT2D eigenvalue weighted by molar-refractivity contribution is 5.84. The van der Waals surface area contributed by atoms with E-state index in [9.17, 15) is 9.59 Å². The average Bonchev–Trinajstić information content (AvgIpc) is 2.63. The molecule has 1 rings (SSSR count). The van der Waals surface area contributed by atoms with Crippen molar-refractivity contribution >= 4 is 11.9 Å². The van der Waals surface area contributed by atoms with E-state index in [-0.39, 0.29) is 6.61 Å². The van der Waals surface area contributed by atoms with Crippen LogP contribution in [0.4, 0.5) is 0 Å². The Morgan fingerprint density at radius 1 is 1.80 bits per heavy atom. The van der Waals surface area contributed by atoms with Crippen LogP contribution in [-0.2, 0) is 19.1 Å². The molecule has 15 heavy (non-hydrogen) atoms. The van der Waals surface area contributed by atoms with Crippen LogP contribution in [0.2, 0.25) is 0 Å². The molecule has 1 heterocycles. The number of esters is 2. The zero-order valence-electron chi connectivity index (χ0n) is 8.78. The van der Waals surface area contributed by atoms with Gasteiger partial charge in [-0.15, -0.1) is 0 Å². The predicted molar refractivity (Wildman–Crippen MR) is 49.5 cm³/mol. The summed E-state index contributed by atoms with van der Waals surface area (Å²) in [6, 6.07) is 1.89. The first-order valence-electron chi connectivity index (χ1n) is 4.82. The molecule has 1 saturated heterocycles. The van der Waals surface area contributed by atoms with E-state index in [2.05, 4.69) is 4.74 Å². The molecule has 0 aromatic carbocycles. The molecule has 0 radical (unpaired) electrons. The van der Waals surface area contributed by atoms with Crippen molar-refractivity contribution in [3.63, 3.8) is 0 Å². The number of carbonyl (C=O) groups excluding carboxylic acids is 2. The Hall–Kier alpha value is -1.57. The number of rotatable bonds is 3. The Morgan fingerprint density at radius 2 is 2.47 bits per heavy atom. The molecule has 5 nitrogen and oxygen atoms in total. The van der Waals surface area contributed by atoms with Crippen LogP contribution in [0, 0.1) is 16.7 Å². The summed E-state index contributed by atoms with van der Waals surface area (Å²) in [5, 5.41) is 8.83. The maximum absolute atomic E-state index is 11.6. The van der Waals surface area contributed by atoms with Crippen LogP contribution in [0.5, 0.6) is 0 Å². The lowest BCUT2D eigenvalue weighted by Gasteiger charge is -2.19. The molecular formula is C10H13NO4. The van der Waals surface area contributed by atoms with E-state index in [1.807, 2.05) is 6.07 Å². The number of hydrogen-bond donors (Lipinski definition) is 0. The summed E-state index contributed by atoms with van der Waals surface area (Å²) in [4.78, 5) is 22.6. The maximum atomic E-state index is 11.6. The lowest BCUT2D eigenvalue weighted by molar-refractivity contribution is -0.165. The van der Waals surface area contributed by atoms with Gasteiger partial charge in [0, 0.05) is 6.42 Å². The number of nitriles is 1. The van der Waals surface area contributed by atoms with Gasteiger partial charge in [0.1, 0.15) is 0 Å². The van der Waals surface area contributed by atoms with Gasteiger partial charge in [-0.1, -0.05) is 6.92 Å². The third kappa shape index (κ3) is 2.27. The van der Waals surface area contributed by atoms with Crippen LogP contribution < -0.4 is 0 Å².